The molecule has 1 saturated heterocycles. The highest BCUT2D eigenvalue weighted by Gasteiger charge is 2.27. The van der Waals surface area contributed by atoms with Crippen LogP contribution in [0.2, 0.25) is 0 Å². The maximum atomic E-state index is 11.9. The van der Waals surface area contributed by atoms with Crippen LogP contribution in [0, 0.1) is 11.8 Å². The van der Waals surface area contributed by atoms with E-state index in [1.54, 1.807) is 0 Å². The summed E-state index contributed by atoms with van der Waals surface area (Å²) in [5, 5.41) is 3.38. The number of carbonyl (C=O) groups is 1. The summed E-state index contributed by atoms with van der Waals surface area (Å²) < 4.78 is 10.9. The molecule has 6 heteroatoms. The highest BCUT2D eigenvalue weighted by molar-refractivity contribution is 5.80. The van der Waals surface area contributed by atoms with Gasteiger partial charge in [0.25, 0.3) is 0 Å². The van der Waals surface area contributed by atoms with Crippen LogP contribution in [0.3, 0.4) is 0 Å². The highest BCUT2D eigenvalue weighted by atomic mass is 16.5. The molecule has 146 valence electrons. The van der Waals surface area contributed by atoms with Crippen molar-refractivity contribution in [1.29, 1.82) is 0 Å². The Morgan fingerprint density at radius 3 is 2.40 bits per heavy atom. The summed E-state index contributed by atoms with van der Waals surface area (Å²) in [6.07, 6.45) is 2.85. The van der Waals surface area contributed by atoms with Gasteiger partial charge >= 0.3 is 5.97 Å². The van der Waals surface area contributed by atoms with Crippen LogP contribution in [0.4, 0.5) is 0 Å². The molecule has 25 heavy (non-hydrogen) atoms. The Balaban J connectivity index is 2.54. The number of hydrogen-bond donors (Lipinski definition) is 1. The molecule has 1 fully saturated rings. The lowest BCUT2D eigenvalue weighted by Gasteiger charge is -2.33. The van der Waals surface area contributed by atoms with Crippen LogP contribution >= 0.6 is 0 Å². The second-order valence-corrected chi connectivity index (χ2v) is 6.78. The van der Waals surface area contributed by atoms with Gasteiger partial charge in [-0.1, -0.05) is 13.8 Å². The number of likely N-dealkylation sites (tertiary alicyclic amines) is 1. The van der Waals surface area contributed by atoms with E-state index in [1.807, 2.05) is 13.8 Å². The molecule has 1 unspecified atom stereocenters. The van der Waals surface area contributed by atoms with E-state index in [4.69, 9.17) is 14.5 Å². The van der Waals surface area contributed by atoms with Gasteiger partial charge in [0.05, 0.1) is 18.6 Å². The molecule has 0 saturated carbocycles. The van der Waals surface area contributed by atoms with Crippen molar-refractivity contribution in [2.75, 3.05) is 39.4 Å². The standard InChI is InChI=1S/C19H37N3O3/c1-6-20-19(21-12-9-17(15(4)5)24-7-2)22-13-10-16(11-14-22)18(23)25-8-3/h15-17H,6-14H2,1-5H3,(H,20,21). The lowest BCUT2D eigenvalue weighted by atomic mass is 9.97. The van der Waals surface area contributed by atoms with Gasteiger partial charge < -0.3 is 19.7 Å². The van der Waals surface area contributed by atoms with Crippen molar-refractivity contribution < 1.29 is 14.3 Å². The minimum atomic E-state index is -0.0550. The van der Waals surface area contributed by atoms with Crippen LogP contribution < -0.4 is 5.32 Å². The number of nitrogens with one attached hydrogen (secondary N) is 1. The van der Waals surface area contributed by atoms with E-state index < -0.39 is 0 Å². The summed E-state index contributed by atoms with van der Waals surface area (Å²) in [5.74, 6) is 1.42. The number of guanidine groups is 1. The number of carbonyl (C=O) groups excluding carboxylic acids is 1. The number of piperidine rings is 1. The maximum Gasteiger partial charge on any atom is 0.309 e. The molecular formula is C19H37N3O3. The van der Waals surface area contributed by atoms with Crippen molar-refractivity contribution in [2.45, 2.75) is 60.0 Å². The number of nitrogens with zero attached hydrogens (tertiary/aromatic N) is 2. The van der Waals surface area contributed by atoms with Crippen molar-refractivity contribution in [2.24, 2.45) is 16.8 Å². The molecule has 6 nitrogen and oxygen atoms in total. The Labute approximate surface area is 153 Å². The predicted octanol–water partition coefficient (Wildman–Crippen LogP) is 2.68. The Bertz CT molecular complexity index is 405. The van der Waals surface area contributed by atoms with Crippen LogP contribution in [-0.2, 0) is 14.3 Å². The van der Waals surface area contributed by atoms with Gasteiger partial charge in [0.15, 0.2) is 5.96 Å². The lowest BCUT2D eigenvalue weighted by Crippen LogP contribution is -2.46. The topological polar surface area (TPSA) is 63.2 Å². The zero-order valence-electron chi connectivity index (χ0n) is 16.7. The van der Waals surface area contributed by atoms with Gasteiger partial charge in [0, 0.05) is 32.8 Å². The largest absolute Gasteiger partial charge is 0.466 e. The number of hydrogen-bond acceptors (Lipinski definition) is 4. The molecule has 0 aromatic carbocycles. The molecule has 1 atom stereocenters. The Morgan fingerprint density at radius 2 is 1.88 bits per heavy atom. The molecule has 0 amide bonds. The van der Waals surface area contributed by atoms with E-state index in [1.165, 1.54) is 0 Å². The molecule has 0 aromatic heterocycles. The summed E-state index contributed by atoms with van der Waals surface area (Å²) in [4.78, 5) is 18.9. The van der Waals surface area contributed by atoms with Crippen molar-refractivity contribution in [1.82, 2.24) is 10.2 Å². The zero-order chi connectivity index (χ0) is 18.7. The molecule has 0 aromatic rings. The molecule has 0 bridgehead atoms. The van der Waals surface area contributed by atoms with Crippen molar-refractivity contribution in [3.63, 3.8) is 0 Å². The second kappa shape index (κ2) is 12.1. The van der Waals surface area contributed by atoms with Gasteiger partial charge in [-0.25, -0.2) is 0 Å². The Kier molecular flexibility index (Phi) is 10.5. The summed E-state index contributed by atoms with van der Waals surface area (Å²) in [6.45, 7) is 14.8. The first-order valence-electron chi connectivity index (χ1n) is 9.84. The van der Waals surface area contributed by atoms with Crippen molar-refractivity contribution in [3.05, 3.63) is 0 Å². The summed E-state index contributed by atoms with van der Waals surface area (Å²) in [7, 11) is 0. The molecule has 1 heterocycles. The number of aliphatic imine (C=N–C) groups is 1. The SMILES string of the molecule is CCNC(=NCCC(OCC)C(C)C)N1CCC(C(=O)OCC)CC1. The van der Waals surface area contributed by atoms with E-state index in [-0.39, 0.29) is 18.0 Å². The fourth-order valence-corrected chi connectivity index (χ4v) is 3.13. The van der Waals surface area contributed by atoms with E-state index in [0.717, 1.165) is 58.0 Å². The van der Waals surface area contributed by atoms with E-state index in [2.05, 4.69) is 31.0 Å². The van der Waals surface area contributed by atoms with Gasteiger partial charge in [-0.3, -0.25) is 9.79 Å². The average Bonchev–Trinajstić information content (AvgIpc) is 2.60. The average molecular weight is 356 g/mol. The zero-order valence-corrected chi connectivity index (χ0v) is 16.7. The molecule has 0 aliphatic carbocycles. The first-order chi connectivity index (χ1) is 12.0. The third-order valence-corrected chi connectivity index (χ3v) is 4.55. The molecule has 1 rings (SSSR count). The Hall–Kier alpha value is -1.30. The van der Waals surface area contributed by atoms with Crippen LogP contribution in [0.1, 0.15) is 53.9 Å². The number of ether oxygens (including phenoxy) is 2. The first kappa shape index (κ1) is 21.7. The summed E-state index contributed by atoms with van der Waals surface area (Å²) in [5.41, 5.74) is 0. The van der Waals surface area contributed by atoms with Gasteiger partial charge in [-0.05, 0) is 46.0 Å². The predicted molar refractivity (Wildman–Crippen MR) is 102 cm³/mol. The second-order valence-electron chi connectivity index (χ2n) is 6.78. The molecule has 1 aliphatic rings. The summed E-state index contributed by atoms with van der Waals surface area (Å²) >= 11 is 0. The van der Waals surface area contributed by atoms with Crippen molar-refractivity contribution >= 4 is 11.9 Å². The maximum absolute atomic E-state index is 11.9. The quantitative estimate of drug-likeness (QED) is 0.391. The monoisotopic (exact) mass is 355 g/mol. The third-order valence-electron chi connectivity index (χ3n) is 4.55. The molecule has 0 radical (unpaired) electrons. The molecule has 1 N–H and O–H groups in total. The van der Waals surface area contributed by atoms with Gasteiger partial charge in [0.2, 0.25) is 0 Å². The molecule has 1 aliphatic heterocycles. The van der Waals surface area contributed by atoms with Crippen LogP contribution in [0.25, 0.3) is 0 Å². The van der Waals surface area contributed by atoms with Crippen molar-refractivity contribution in [3.8, 4) is 0 Å². The van der Waals surface area contributed by atoms with Crippen LogP contribution in [0.15, 0.2) is 4.99 Å². The lowest BCUT2D eigenvalue weighted by molar-refractivity contribution is -0.149. The van der Waals surface area contributed by atoms with Gasteiger partial charge in [0.1, 0.15) is 0 Å². The fourth-order valence-electron chi connectivity index (χ4n) is 3.13. The first-order valence-corrected chi connectivity index (χ1v) is 9.84. The van der Waals surface area contributed by atoms with Gasteiger partial charge in [-0.15, -0.1) is 0 Å². The minimum absolute atomic E-state index is 0.0300. The van der Waals surface area contributed by atoms with Gasteiger partial charge in [-0.2, -0.15) is 0 Å². The summed E-state index contributed by atoms with van der Waals surface area (Å²) in [6, 6.07) is 0. The Morgan fingerprint density at radius 1 is 1.20 bits per heavy atom. The number of rotatable bonds is 9. The van der Waals surface area contributed by atoms with Crippen LogP contribution in [0.5, 0.6) is 0 Å². The third kappa shape index (κ3) is 7.63. The molecule has 0 spiro atoms. The smallest absolute Gasteiger partial charge is 0.309 e. The normalized spacial score (nSPS) is 17.7. The van der Waals surface area contributed by atoms with E-state index in [9.17, 15) is 4.79 Å². The van der Waals surface area contributed by atoms with E-state index >= 15 is 0 Å². The van der Waals surface area contributed by atoms with Crippen LogP contribution in [-0.4, -0.2) is 62.3 Å². The molecular weight excluding hydrogens is 318 g/mol. The fraction of sp³-hybridized carbons (Fsp3) is 0.895. The number of esters is 1. The minimum Gasteiger partial charge on any atom is -0.466 e. The van der Waals surface area contributed by atoms with E-state index in [0.29, 0.717) is 12.5 Å². The highest BCUT2D eigenvalue weighted by Crippen LogP contribution is 2.19.